The number of hydrogen-bond donors (Lipinski definition) is 1. The van der Waals surface area contributed by atoms with E-state index in [9.17, 15) is 17.6 Å². The van der Waals surface area contributed by atoms with Crippen LogP contribution in [0.15, 0.2) is 24.4 Å². The molecule has 0 fully saturated rings. The Labute approximate surface area is 123 Å². The van der Waals surface area contributed by atoms with E-state index in [4.69, 9.17) is 17.3 Å². The van der Waals surface area contributed by atoms with Crippen LogP contribution >= 0.6 is 11.6 Å². The van der Waals surface area contributed by atoms with Crippen LogP contribution in [0.5, 0.6) is 0 Å². The molecule has 21 heavy (non-hydrogen) atoms. The van der Waals surface area contributed by atoms with Gasteiger partial charge in [-0.15, -0.1) is 0 Å². The zero-order chi connectivity index (χ0) is 15.8. The van der Waals surface area contributed by atoms with Crippen LogP contribution in [-0.2, 0) is 12.7 Å². The van der Waals surface area contributed by atoms with Gasteiger partial charge in [-0.3, -0.25) is 4.68 Å². The van der Waals surface area contributed by atoms with Gasteiger partial charge in [-0.1, -0.05) is 17.7 Å². The highest BCUT2D eigenvalue weighted by Crippen LogP contribution is 2.34. The fourth-order valence-electron chi connectivity index (χ4n) is 2.04. The summed E-state index contributed by atoms with van der Waals surface area (Å²) in [7, 11) is 0. The minimum Gasteiger partial charge on any atom is -0.319 e. The molecule has 0 amide bonds. The quantitative estimate of drug-likeness (QED) is 0.875. The average molecular weight is 322 g/mol. The summed E-state index contributed by atoms with van der Waals surface area (Å²) in [6.07, 6.45) is -3.41. The molecule has 1 aromatic heterocycles. The molecule has 8 heteroatoms. The van der Waals surface area contributed by atoms with Crippen molar-refractivity contribution < 1.29 is 17.6 Å². The molecule has 0 aliphatic heterocycles. The van der Waals surface area contributed by atoms with E-state index >= 15 is 0 Å². The van der Waals surface area contributed by atoms with Crippen molar-refractivity contribution >= 4 is 11.6 Å². The van der Waals surface area contributed by atoms with Crippen LogP contribution in [0.2, 0.25) is 5.02 Å². The number of aromatic nitrogens is 2. The molecule has 1 heterocycles. The first-order chi connectivity index (χ1) is 9.75. The van der Waals surface area contributed by atoms with E-state index in [0.717, 1.165) is 6.07 Å². The van der Waals surface area contributed by atoms with E-state index in [0.29, 0.717) is 18.3 Å². The summed E-state index contributed by atoms with van der Waals surface area (Å²) >= 11 is 5.97. The van der Waals surface area contributed by atoms with Crippen LogP contribution in [0.25, 0.3) is 0 Å². The van der Waals surface area contributed by atoms with Gasteiger partial charge in [0.2, 0.25) is 0 Å². The van der Waals surface area contributed by atoms with E-state index in [-0.39, 0.29) is 10.6 Å². The van der Waals surface area contributed by atoms with Gasteiger partial charge in [-0.2, -0.15) is 18.3 Å². The highest BCUT2D eigenvalue weighted by atomic mass is 35.5. The summed E-state index contributed by atoms with van der Waals surface area (Å²) in [5.41, 5.74) is 5.11. The number of nitrogens with two attached hydrogens (primary N) is 1. The lowest BCUT2D eigenvalue weighted by Gasteiger charge is -2.17. The van der Waals surface area contributed by atoms with E-state index in [1.165, 1.54) is 16.9 Å². The van der Waals surface area contributed by atoms with Crippen molar-refractivity contribution in [3.05, 3.63) is 52.1 Å². The molecule has 114 valence electrons. The lowest BCUT2D eigenvalue weighted by Crippen LogP contribution is -2.19. The Morgan fingerprint density at radius 1 is 1.38 bits per heavy atom. The Morgan fingerprint density at radius 2 is 2.05 bits per heavy atom. The van der Waals surface area contributed by atoms with Gasteiger partial charge in [0.15, 0.2) is 0 Å². The van der Waals surface area contributed by atoms with Crippen molar-refractivity contribution in [2.24, 2.45) is 5.73 Å². The Kier molecular flexibility index (Phi) is 4.25. The van der Waals surface area contributed by atoms with Crippen molar-refractivity contribution in [2.45, 2.75) is 25.7 Å². The van der Waals surface area contributed by atoms with E-state index in [1.807, 2.05) is 0 Å². The normalized spacial score (nSPS) is 13.5. The van der Waals surface area contributed by atoms with Crippen molar-refractivity contribution in [1.82, 2.24) is 9.78 Å². The SMILES string of the molecule is CCn1ncc(Cl)c1C(N)c1ccc(F)c(C(F)(F)F)c1. The first-order valence-corrected chi connectivity index (χ1v) is 6.47. The lowest BCUT2D eigenvalue weighted by molar-refractivity contribution is -0.140. The lowest BCUT2D eigenvalue weighted by atomic mass is 10.0. The first kappa shape index (κ1) is 15.8. The summed E-state index contributed by atoms with van der Waals surface area (Å²) in [4.78, 5) is 0. The maximum atomic E-state index is 13.3. The summed E-state index contributed by atoms with van der Waals surface area (Å²) in [6, 6.07) is 1.72. The van der Waals surface area contributed by atoms with E-state index in [2.05, 4.69) is 5.10 Å². The van der Waals surface area contributed by atoms with Crippen molar-refractivity contribution in [3.8, 4) is 0 Å². The molecular weight excluding hydrogens is 310 g/mol. The average Bonchev–Trinajstić information content (AvgIpc) is 2.78. The number of hydrogen-bond acceptors (Lipinski definition) is 2. The molecule has 2 N–H and O–H groups in total. The van der Waals surface area contributed by atoms with Gasteiger partial charge in [0.1, 0.15) is 5.82 Å². The van der Waals surface area contributed by atoms with Gasteiger partial charge in [-0.25, -0.2) is 4.39 Å². The maximum Gasteiger partial charge on any atom is 0.419 e. The number of halogens is 5. The molecule has 0 radical (unpaired) electrons. The predicted molar refractivity (Wildman–Crippen MR) is 70.3 cm³/mol. The maximum absolute atomic E-state index is 13.3. The van der Waals surface area contributed by atoms with Crippen molar-refractivity contribution in [2.75, 3.05) is 0 Å². The monoisotopic (exact) mass is 321 g/mol. The topological polar surface area (TPSA) is 43.8 Å². The zero-order valence-electron chi connectivity index (χ0n) is 11.0. The van der Waals surface area contributed by atoms with Gasteiger partial charge in [-0.05, 0) is 24.6 Å². The molecule has 0 saturated heterocycles. The van der Waals surface area contributed by atoms with Crippen LogP contribution in [0.1, 0.15) is 29.8 Å². The number of rotatable bonds is 3. The summed E-state index contributed by atoms with van der Waals surface area (Å²) in [5, 5.41) is 4.23. The standard InChI is InChI=1S/C13H12ClF4N3/c1-2-21-12(9(14)6-20-21)11(19)7-3-4-10(15)8(5-7)13(16,17)18/h3-6,11H,2,19H2,1H3. The third-order valence-corrected chi connectivity index (χ3v) is 3.37. The zero-order valence-corrected chi connectivity index (χ0v) is 11.7. The van der Waals surface area contributed by atoms with E-state index < -0.39 is 23.6 Å². The molecule has 1 atom stereocenters. The van der Waals surface area contributed by atoms with Crippen molar-refractivity contribution in [1.29, 1.82) is 0 Å². The Morgan fingerprint density at radius 3 is 2.62 bits per heavy atom. The minimum absolute atomic E-state index is 0.112. The first-order valence-electron chi connectivity index (χ1n) is 6.09. The minimum atomic E-state index is -4.78. The van der Waals surface area contributed by atoms with Crippen LogP contribution in [0.3, 0.4) is 0 Å². The third kappa shape index (κ3) is 3.03. The van der Waals surface area contributed by atoms with Gasteiger partial charge < -0.3 is 5.73 Å². The highest BCUT2D eigenvalue weighted by molar-refractivity contribution is 6.31. The fraction of sp³-hybridized carbons (Fsp3) is 0.308. The van der Waals surface area contributed by atoms with Crippen LogP contribution in [0, 0.1) is 5.82 Å². The molecule has 2 rings (SSSR count). The molecule has 0 bridgehead atoms. The molecule has 1 unspecified atom stereocenters. The third-order valence-electron chi connectivity index (χ3n) is 3.08. The fourth-order valence-corrected chi connectivity index (χ4v) is 2.30. The van der Waals surface area contributed by atoms with Gasteiger partial charge in [0.05, 0.1) is 28.5 Å². The molecule has 0 spiro atoms. The van der Waals surface area contributed by atoms with Gasteiger partial charge in [0.25, 0.3) is 0 Å². The second-order valence-corrected chi connectivity index (χ2v) is 4.82. The number of alkyl halides is 3. The highest BCUT2D eigenvalue weighted by Gasteiger charge is 2.35. The molecule has 3 nitrogen and oxygen atoms in total. The Hall–Kier alpha value is -1.60. The summed E-state index contributed by atoms with van der Waals surface area (Å²) in [5.74, 6) is -1.34. The molecule has 0 aliphatic carbocycles. The van der Waals surface area contributed by atoms with Gasteiger partial charge in [0, 0.05) is 6.54 Å². The molecule has 0 saturated carbocycles. The number of benzene rings is 1. The largest absolute Gasteiger partial charge is 0.419 e. The number of nitrogens with zero attached hydrogens (tertiary/aromatic N) is 2. The Bertz CT molecular complexity index is 651. The Balaban J connectivity index is 2.49. The van der Waals surface area contributed by atoms with Gasteiger partial charge >= 0.3 is 6.18 Å². The van der Waals surface area contributed by atoms with Crippen LogP contribution < -0.4 is 5.73 Å². The molecule has 1 aromatic carbocycles. The van der Waals surface area contributed by atoms with E-state index in [1.54, 1.807) is 6.92 Å². The number of aryl methyl sites for hydroxylation is 1. The molecular formula is C13H12ClF4N3. The second kappa shape index (κ2) is 5.65. The second-order valence-electron chi connectivity index (χ2n) is 4.41. The summed E-state index contributed by atoms with van der Waals surface area (Å²) in [6.45, 7) is 2.26. The molecule has 2 aromatic rings. The van der Waals surface area contributed by atoms with Crippen LogP contribution in [0.4, 0.5) is 17.6 Å². The van der Waals surface area contributed by atoms with Crippen LogP contribution in [-0.4, -0.2) is 9.78 Å². The smallest absolute Gasteiger partial charge is 0.319 e. The predicted octanol–water partition coefficient (Wildman–Crippen LogP) is 3.76. The summed E-state index contributed by atoms with van der Waals surface area (Å²) < 4.78 is 53.0. The van der Waals surface area contributed by atoms with Crippen molar-refractivity contribution in [3.63, 3.8) is 0 Å². The molecule has 0 aliphatic rings.